The van der Waals surface area contributed by atoms with Crippen LogP contribution < -0.4 is 31.9 Å². The van der Waals surface area contributed by atoms with Gasteiger partial charge in [-0.05, 0) is 110 Å². The van der Waals surface area contributed by atoms with E-state index in [4.69, 9.17) is 33.9 Å². The fourth-order valence-electron chi connectivity index (χ4n) is 7.51. The lowest BCUT2D eigenvalue weighted by molar-refractivity contribution is -0.120. The van der Waals surface area contributed by atoms with Gasteiger partial charge in [-0.25, -0.2) is 19.9 Å². The largest absolute Gasteiger partial charge is 0.352 e. The average Bonchev–Trinajstić information content (AvgIpc) is 3.93. The van der Waals surface area contributed by atoms with Gasteiger partial charge in [-0.15, -0.1) is 11.3 Å². The van der Waals surface area contributed by atoms with Gasteiger partial charge in [-0.1, -0.05) is 55.1 Å². The van der Waals surface area contributed by atoms with Gasteiger partial charge in [0.05, 0.1) is 17.7 Å². The predicted octanol–water partition coefficient (Wildman–Crippen LogP) is 6.31. The molecule has 2 atom stereocenters. The zero-order chi connectivity index (χ0) is 42.3. The Kier molecular flexibility index (Phi) is 14.1. The molecule has 3 aromatic heterocycles. The first kappa shape index (κ1) is 43.1. The van der Waals surface area contributed by atoms with E-state index >= 15 is 0 Å². The number of aryl methyl sites for hydroxylation is 2. The number of piperazine rings is 1. The third kappa shape index (κ3) is 11.2. The summed E-state index contributed by atoms with van der Waals surface area (Å²) in [5, 5.41) is 13.7. The minimum absolute atomic E-state index is 0.0378. The lowest BCUT2D eigenvalue weighted by atomic mass is 10.0. The fraction of sp³-hybridized carbons (Fsp3) is 0.386. The van der Waals surface area contributed by atoms with Gasteiger partial charge in [0.15, 0.2) is 0 Å². The molecule has 3 amide bonds. The van der Waals surface area contributed by atoms with E-state index < -0.39 is 5.91 Å². The summed E-state index contributed by atoms with van der Waals surface area (Å²) in [7, 11) is 0. The van der Waals surface area contributed by atoms with E-state index in [1.54, 1.807) is 41.1 Å². The maximum Gasteiger partial charge on any atom is 0.289 e. The summed E-state index contributed by atoms with van der Waals surface area (Å²) in [6.07, 6.45) is 4.20. The number of nitrogens with two attached hydrogens (primary N) is 1. The number of carbonyl (C=O) groups is 3. The minimum atomic E-state index is -0.401. The molecule has 60 heavy (non-hydrogen) atoms. The SMILES string of the molecule is Cc1cc(C(=O)NCc2cc(Cl)ccc2CNCC(C)Cc2scnc2-c2cc(C)nc(C(=O)NCc3cc(Cl)ccc3CN)n2)cc(N2CC(=O)NCC2CC2CC2)n1. The molecule has 1 saturated heterocycles. The number of anilines is 1. The molecule has 1 saturated carbocycles. The molecule has 4 heterocycles. The Labute approximate surface area is 364 Å². The van der Waals surface area contributed by atoms with Crippen LogP contribution in [0.3, 0.4) is 0 Å². The van der Waals surface area contributed by atoms with Crippen LogP contribution in [0.1, 0.15) is 85.7 Å². The van der Waals surface area contributed by atoms with Crippen molar-refractivity contribution >= 4 is 58.1 Å². The number of nitrogens with one attached hydrogen (secondary N) is 4. The van der Waals surface area contributed by atoms with Crippen molar-refractivity contribution in [2.75, 3.05) is 24.5 Å². The fourth-order valence-corrected chi connectivity index (χ4v) is 8.83. The molecule has 0 spiro atoms. The molecule has 1 aliphatic carbocycles. The summed E-state index contributed by atoms with van der Waals surface area (Å²) in [6.45, 7) is 8.83. The first-order chi connectivity index (χ1) is 28.9. The van der Waals surface area contributed by atoms with E-state index in [1.165, 1.54) is 12.8 Å². The lowest BCUT2D eigenvalue weighted by Gasteiger charge is -2.36. The molecular weight excluding hydrogens is 820 g/mol. The topological polar surface area (TPSA) is 180 Å². The Morgan fingerprint density at radius 3 is 2.33 bits per heavy atom. The summed E-state index contributed by atoms with van der Waals surface area (Å²) in [5.41, 5.74) is 14.6. The van der Waals surface area contributed by atoms with Crippen molar-refractivity contribution in [2.24, 2.45) is 17.6 Å². The standard InChI is InChI=1S/C44H50Cl2N10O3S/c1-25(10-38-41(52-24-60-38)37-12-27(3)54-42(55-37)44(59)51-20-32-14-34(45)8-6-29(32)17-47)18-48-19-30-7-9-35(46)15-33(30)21-50-43(58)31-11-26(2)53-39(16-31)56-23-40(57)49-22-36(56)13-28-4-5-28/h6-9,11-12,14-16,24-25,28,36,48H,4-5,10,13,17-23,47H2,1-3H3,(H,49,57)(H,50,58)(H,51,59). The minimum Gasteiger partial charge on any atom is -0.352 e. The molecule has 6 N–H and O–H groups in total. The van der Waals surface area contributed by atoms with Crippen molar-refractivity contribution in [1.82, 2.24) is 41.2 Å². The van der Waals surface area contributed by atoms with E-state index in [-0.39, 0.29) is 49.2 Å². The van der Waals surface area contributed by atoms with Crippen LogP contribution >= 0.6 is 34.5 Å². The zero-order valence-electron chi connectivity index (χ0n) is 34.0. The molecule has 1 aliphatic heterocycles. The average molecular weight is 870 g/mol. The summed E-state index contributed by atoms with van der Waals surface area (Å²) < 4.78 is 0. The van der Waals surface area contributed by atoms with Gasteiger partial charge in [0.1, 0.15) is 11.5 Å². The Morgan fingerprint density at radius 1 is 0.900 bits per heavy atom. The Bertz CT molecular complexity index is 2370. The molecule has 2 fully saturated rings. The van der Waals surface area contributed by atoms with Crippen LogP contribution in [-0.4, -0.2) is 63.3 Å². The summed E-state index contributed by atoms with van der Waals surface area (Å²) in [4.78, 5) is 60.7. The lowest BCUT2D eigenvalue weighted by Crippen LogP contribution is -2.55. The normalized spacial score (nSPS) is 15.7. The molecule has 5 aromatic rings. The van der Waals surface area contributed by atoms with Gasteiger partial charge >= 0.3 is 0 Å². The van der Waals surface area contributed by atoms with Crippen molar-refractivity contribution in [3.8, 4) is 11.4 Å². The van der Waals surface area contributed by atoms with Gasteiger partial charge in [0.25, 0.3) is 11.8 Å². The molecule has 13 nitrogen and oxygen atoms in total. The first-order valence-corrected chi connectivity index (χ1v) is 21.9. The van der Waals surface area contributed by atoms with Crippen LogP contribution in [-0.2, 0) is 37.4 Å². The molecule has 16 heteroatoms. The van der Waals surface area contributed by atoms with Crippen LogP contribution in [0.15, 0.2) is 60.1 Å². The van der Waals surface area contributed by atoms with Crippen molar-refractivity contribution in [1.29, 1.82) is 0 Å². The second kappa shape index (κ2) is 19.6. The molecule has 2 aliphatic rings. The monoisotopic (exact) mass is 868 g/mol. The molecule has 7 rings (SSSR count). The number of carbonyl (C=O) groups excluding carboxylic acids is 3. The second-order valence-electron chi connectivity index (χ2n) is 15.8. The Morgan fingerprint density at radius 2 is 1.60 bits per heavy atom. The van der Waals surface area contributed by atoms with Gasteiger partial charge in [-0.3, -0.25) is 14.4 Å². The number of nitrogens with zero attached hydrogens (tertiary/aromatic N) is 5. The highest BCUT2D eigenvalue weighted by atomic mass is 35.5. The molecule has 0 bridgehead atoms. The number of halogens is 2. The van der Waals surface area contributed by atoms with Crippen LogP contribution in [0, 0.1) is 25.7 Å². The van der Waals surface area contributed by atoms with E-state index in [0.29, 0.717) is 70.6 Å². The zero-order valence-corrected chi connectivity index (χ0v) is 36.3. The number of amides is 3. The van der Waals surface area contributed by atoms with E-state index in [0.717, 1.165) is 45.7 Å². The highest BCUT2D eigenvalue weighted by Crippen LogP contribution is 2.36. The number of benzene rings is 2. The first-order valence-electron chi connectivity index (χ1n) is 20.2. The third-order valence-electron chi connectivity index (χ3n) is 10.8. The van der Waals surface area contributed by atoms with Crippen molar-refractivity contribution in [3.05, 3.63) is 120 Å². The predicted molar refractivity (Wildman–Crippen MR) is 236 cm³/mol. The van der Waals surface area contributed by atoms with E-state index in [1.807, 2.05) is 44.2 Å². The van der Waals surface area contributed by atoms with Gasteiger partial charge in [-0.2, -0.15) is 0 Å². The van der Waals surface area contributed by atoms with Crippen molar-refractivity contribution in [2.45, 2.75) is 78.7 Å². The Balaban J connectivity index is 0.945. The number of pyridine rings is 1. The smallest absolute Gasteiger partial charge is 0.289 e. The van der Waals surface area contributed by atoms with Crippen LogP contribution in [0.25, 0.3) is 11.4 Å². The summed E-state index contributed by atoms with van der Waals surface area (Å²) in [6, 6.07) is 16.7. The molecule has 0 radical (unpaired) electrons. The van der Waals surface area contributed by atoms with Crippen LogP contribution in [0.5, 0.6) is 0 Å². The van der Waals surface area contributed by atoms with Crippen LogP contribution in [0.4, 0.5) is 5.82 Å². The number of thiazole rings is 1. The second-order valence-corrected chi connectivity index (χ2v) is 17.6. The highest BCUT2D eigenvalue weighted by molar-refractivity contribution is 7.10. The molecular formula is C44H50Cl2N10O3S. The van der Waals surface area contributed by atoms with E-state index in [9.17, 15) is 14.4 Å². The highest BCUT2D eigenvalue weighted by Gasteiger charge is 2.33. The number of rotatable bonds is 17. The molecule has 2 aromatic carbocycles. The van der Waals surface area contributed by atoms with Crippen molar-refractivity contribution < 1.29 is 14.4 Å². The van der Waals surface area contributed by atoms with Gasteiger partial charge in [0.2, 0.25) is 11.7 Å². The number of hydrogen-bond acceptors (Lipinski definition) is 11. The summed E-state index contributed by atoms with van der Waals surface area (Å²) >= 11 is 14.2. The van der Waals surface area contributed by atoms with Crippen LogP contribution in [0.2, 0.25) is 10.0 Å². The summed E-state index contributed by atoms with van der Waals surface area (Å²) in [5.74, 6) is 0.978. The molecule has 2 unspecified atom stereocenters. The maximum absolute atomic E-state index is 13.6. The quantitative estimate of drug-likeness (QED) is 0.0711. The third-order valence-corrected chi connectivity index (χ3v) is 12.1. The molecule has 314 valence electrons. The van der Waals surface area contributed by atoms with Gasteiger partial charge in [0, 0.05) is 70.6 Å². The van der Waals surface area contributed by atoms with E-state index in [2.05, 4.69) is 48.0 Å². The van der Waals surface area contributed by atoms with Gasteiger partial charge < -0.3 is 31.9 Å². The Hall–Kier alpha value is -4.99. The number of aromatic nitrogens is 4. The number of hydrogen-bond donors (Lipinski definition) is 5. The maximum atomic E-state index is 13.6. The van der Waals surface area contributed by atoms with Crippen molar-refractivity contribution in [3.63, 3.8) is 0 Å².